The lowest BCUT2D eigenvalue weighted by molar-refractivity contribution is -0.119. The van der Waals surface area contributed by atoms with E-state index in [1.165, 1.54) is 27.9 Å². The molecule has 9 heteroatoms. The van der Waals surface area contributed by atoms with Crippen molar-refractivity contribution in [1.29, 1.82) is 0 Å². The Kier molecular flexibility index (Phi) is 23.6. The topological polar surface area (TPSA) is 72.5 Å². The van der Waals surface area contributed by atoms with Crippen LogP contribution in [0.25, 0.3) is 0 Å². The lowest BCUT2D eigenvalue weighted by atomic mass is 9.90. The van der Waals surface area contributed by atoms with E-state index in [9.17, 15) is 4.79 Å². The zero-order valence-electron chi connectivity index (χ0n) is 42.9. The Morgan fingerprint density at radius 2 is 1.26 bits per heavy atom. The van der Waals surface area contributed by atoms with Crippen molar-refractivity contribution in [2.24, 2.45) is 11.8 Å². The zero-order valence-corrected chi connectivity index (χ0v) is 44.9. The first kappa shape index (κ1) is 56.7. The van der Waals surface area contributed by atoms with Gasteiger partial charge in [-0.15, -0.1) is 12.8 Å². The standard InChI is InChI=1S/C42H60O6Si2.C13H24O.C2H2.6H2/c1-32-26-37(47-38(27-32)30-39(28-33(2)43)48-49(7,8)9)29-36(45-31-34-20-22-35(44-6)23-21-34)24-25-46-50(42(3,4)5,40-16-12-10-13-17-40)41-18-14-11-15-19-41;1-9(2)6-12-7-11(5)8-13(14-12)10(3)4;1-2;;;;;;/h10-23,36-39H,1,24-31H2,2-9H3;9-10,12-13H,5-8H2,1-4H3;1-2H;6*1H/t36-,37+,38-,39-;;;;;;;;/m0......../s1. The van der Waals surface area contributed by atoms with Gasteiger partial charge in [0.2, 0.25) is 0 Å². The van der Waals surface area contributed by atoms with Gasteiger partial charge in [0.25, 0.3) is 8.32 Å². The molecule has 2 aliphatic rings. The summed E-state index contributed by atoms with van der Waals surface area (Å²) in [5, 5.41) is 2.43. The van der Waals surface area contributed by atoms with Gasteiger partial charge in [-0.05, 0) is 116 Å². The second-order valence-corrected chi connectivity index (χ2v) is 29.9. The summed E-state index contributed by atoms with van der Waals surface area (Å²) >= 11 is 0. The van der Waals surface area contributed by atoms with E-state index >= 15 is 0 Å². The maximum absolute atomic E-state index is 12.1. The Balaban J connectivity index is -0.000000906. The maximum Gasteiger partial charge on any atom is 0.261 e. The largest absolute Gasteiger partial charge is 0.497 e. The molecular weight excluding hydrogens is 853 g/mol. The minimum Gasteiger partial charge on any atom is -0.497 e. The fourth-order valence-electron chi connectivity index (χ4n) is 9.35. The van der Waals surface area contributed by atoms with Crippen molar-refractivity contribution in [3.63, 3.8) is 0 Å². The maximum atomic E-state index is 12.1. The van der Waals surface area contributed by atoms with Crippen LogP contribution in [-0.2, 0) is 34.5 Å². The van der Waals surface area contributed by atoms with Crippen LogP contribution in [0, 0.1) is 24.7 Å². The predicted molar refractivity (Wildman–Crippen MR) is 293 cm³/mol. The highest BCUT2D eigenvalue weighted by atomic mass is 28.4. The smallest absolute Gasteiger partial charge is 0.261 e. The number of carbonyl (C=O) groups is 1. The Hall–Kier alpha value is -3.60. The molecule has 376 valence electrons. The van der Waals surface area contributed by atoms with Gasteiger partial charge in [-0.2, -0.15) is 0 Å². The average Bonchev–Trinajstić information content (AvgIpc) is 3.24. The number of methoxy groups -OCH3 is 1. The molecule has 6 atom stereocenters. The first-order valence-electron chi connectivity index (χ1n) is 24.3. The van der Waals surface area contributed by atoms with Gasteiger partial charge < -0.3 is 27.8 Å². The highest BCUT2D eigenvalue weighted by Crippen LogP contribution is 2.38. The normalized spacial score (nSPS) is 20.1. The third-order valence-electron chi connectivity index (χ3n) is 12.2. The Morgan fingerprint density at radius 3 is 1.71 bits per heavy atom. The van der Waals surface area contributed by atoms with Gasteiger partial charge in [-0.3, -0.25) is 4.79 Å². The van der Waals surface area contributed by atoms with E-state index in [1.807, 2.05) is 12.1 Å². The SMILES string of the molecule is C#C.C=C1CC(CC(C)C)OC(C(C)C)C1.C=C1C[C@H](C[C@H](CCO[Si](c2ccccc2)(c2ccccc2)C(C)(C)C)OCc2ccc(OC)cc2)O[C@H](C[C@H](CC(C)=O)O[Si](C)(C)C)C1.[HH].[HH].[HH].[HH].[HH].[HH]. The number of benzene rings is 3. The van der Waals surface area contributed by atoms with Crippen LogP contribution in [0.15, 0.2) is 109 Å². The fourth-order valence-corrected chi connectivity index (χ4v) is 15.1. The second kappa shape index (κ2) is 27.4. The molecule has 7 nitrogen and oxygen atoms in total. The van der Waals surface area contributed by atoms with Crippen molar-refractivity contribution in [2.45, 2.75) is 181 Å². The summed E-state index contributed by atoms with van der Waals surface area (Å²) in [6.45, 7) is 33.6. The van der Waals surface area contributed by atoms with Crippen molar-refractivity contribution in [3.05, 3.63) is 115 Å². The minimum atomic E-state index is -2.69. The van der Waals surface area contributed by atoms with Crippen molar-refractivity contribution < 1.29 is 41.2 Å². The van der Waals surface area contributed by atoms with Gasteiger partial charge in [0, 0.05) is 28.0 Å². The summed E-state index contributed by atoms with van der Waals surface area (Å²) in [7, 11) is -2.86. The molecule has 0 N–H and O–H groups in total. The molecule has 0 radical (unpaired) electrons. The highest BCUT2D eigenvalue weighted by molar-refractivity contribution is 6.99. The van der Waals surface area contributed by atoms with Crippen molar-refractivity contribution in [3.8, 4) is 18.6 Å². The van der Waals surface area contributed by atoms with Crippen molar-refractivity contribution >= 4 is 32.8 Å². The summed E-state index contributed by atoms with van der Waals surface area (Å²) in [4.78, 5) is 12.1. The van der Waals surface area contributed by atoms with E-state index in [-0.39, 0.29) is 43.8 Å². The van der Waals surface area contributed by atoms with E-state index in [0.717, 1.165) is 55.8 Å². The Labute approximate surface area is 412 Å². The van der Waals surface area contributed by atoms with E-state index in [1.54, 1.807) is 14.0 Å². The lowest BCUT2D eigenvalue weighted by Gasteiger charge is -2.43. The fraction of sp³-hybridized carbons (Fsp3) is 0.561. The highest BCUT2D eigenvalue weighted by Gasteiger charge is 2.50. The zero-order chi connectivity index (χ0) is 49.1. The van der Waals surface area contributed by atoms with Crippen LogP contribution in [-0.4, -0.2) is 72.8 Å². The minimum absolute atomic E-state index is 0. The molecule has 0 aliphatic carbocycles. The number of hydrogen-bond acceptors (Lipinski definition) is 7. The van der Waals surface area contributed by atoms with Crippen molar-refractivity contribution in [1.82, 2.24) is 0 Å². The quantitative estimate of drug-likeness (QED) is 0.0598. The molecule has 0 spiro atoms. The molecule has 66 heavy (non-hydrogen) atoms. The third kappa shape index (κ3) is 18.8. The summed E-state index contributed by atoms with van der Waals surface area (Å²) in [6.07, 6.45) is 15.9. The second-order valence-electron chi connectivity index (χ2n) is 21.2. The molecule has 2 heterocycles. The first-order chi connectivity index (χ1) is 31.2. The molecule has 3 aromatic carbocycles. The van der Waals surface area contributed by atoms with Crippen LogP contribution in [0.3, 0.4) is 0 Å². The average molecular weight is 952 g/mol. The molecule has 0 bridgehead atoms. The van der Waals surface area contributed by atoms with E-state index in [0.29, 0.717) is 44.2 Å². The molecule has 3 aromatic rings. The molecule has 2 aliphatic heterocycles. The van der Waals surface area contributed by atoms with E-state index in [4.69, 9.17) is 27.8 Å². The van der Waals surface area contributed by atoms with Gasteiger partial charge in [-0.25, -0.2) is 0 Å². The monoisotopic (exact) mass is 951 g/mol. The molecular formula is C57H98O7Si2. The number of carbonyl (C=O) groups excluding carboxylic acids is 1. The van der Waals surface area contributed by atoms with Crippen LogP contribution in [0.4, 0.5) is 0 Å². The van der Waals surface area contributed by atoms with Gasteiger partial charge >= 0.3 is 0 Å². The molecule has 0 amide bonds. The van der Waals surface area contributed by atoms with Gasteiger partial charge in [-0.1, -0.05) is 146 Å². The number of ketones is 1. The summed E-state index contributed by atoms with van der Waals surface area (Å²) in [6, 6.07) is 29.6. The Bertz CT molecular complexity index is 1890. The van der Waals surface area contributed by atoms with Crippen LogP contribution in [0.1, 0.15) is 127 Å². The molecule has 0 saturated carbocycles. The summed E-state index contributed by atoms with van der Waals surface area (Å²) in [5.74, 6) is 2.30. The van der Waals surface area contributed by atoms with Crippen LogP contribution in [0.2, 0.25) is 24.7 Å². The first-order valence-corrected chi connectivity index (χ1v) is 29.6. The number of hydrogen-bond donors (Lipinski definition) is 0. The van der Waals surface area contributed by atoms with Crippen molar-refractivity contribution in [2.75, 3.05) is 13.7 Å². The van der Waals surface area contributed by atoms with Gasteiger partial charge in [0.1, 0.15) is 11.5 Å². The number of rotatable bonds is 21. The van der Waals surface area contributed by atoms with E-state index < -0.39 is 16.6 Å². The lowest BCUT2D eigenvalue weighted by Crippen LogP contribution is -2.66. The van der Waals surface area contributed by atoms with Gasteiger partial charge in [0.05, 0.1) is 50.3 Å². The predicted octanol–water partition coefficient (Wildman–Crippen LogP) is 14.1. The van der Waals surface area contributed by atoms with Gasteiger partial charge in [0.15, 0.2) is 8.32 Å². The molecule has 2 saturated heterocycles. The number of ether oxygens (including phenoxy) is 4. The molecule has 2 unspecified atom stereocenters. The number of terminal acetylenes is 1. The van der Waals surface area contributed by atoms with Crippen LogP contribution >= 0.6 is 0 Å². The Morgan fingerprint density at radius 1 is 0.758 bits per heavy atom. The summed E-state index contributed by atoms with van der Waals surface area (Å²) in [5.41, 5.74) is 3.64. The molecule has 2 fully saturated rings. The third-order valence-corrected chi connectivity index (χ3v) is 18.3. The van der Waals surface area contributed by atoms with Crippen LogP contribution in [0.5, 0.6) is 5.75 Å². The summed E-state index contributed by atoms with van der Waals surface area (Å²) < 4.78 is 38.7. The van der Waals surface area contributed by atoms with Crippen LogP contribution < -0.4 is 15.1 Å². The molecule has 5 rings (SSSR count). The molecule has 0 aromatic heterocycles. The number of Topliss-reactive ketones (excluding diaryl/α,β-unsaturated/α-hetero) is 1. The van der Waals surface area contributed by atoms with E-state index in [2.05, 4.69) is 167 Å².